The summed E-state index contributed by atoms with van der Waals surface area (Å²) in [5, 5.41) is 7.26. The largest absolute Gasteiger partial charge is 0.497 e. The Labute approximate surface area is 148 Å². The summed E-state index contributed by atoms with van der Waals surface area (Å²) in [6, 6.07) is 14.4. The van der Waals surface area contributed by atoms with Gasteiger partial charge in [-0.25, -0.2) is 0 Å². The first-order chi connectivity index (χ1) is 11.7. The van der Waals surface area contributed by atoms with Crippen LogP contribution in [0.4, 0.5) is 5.69 Å². The molecule has 1 atom stereocenters. The van der Waals surface area contributed by atoms with Crippen LogP contribution >= 0.6 is 12.2 Å². The van der Waals surface area contributed by atoms with Gasteiger partial charge in [-0.15, -0.1) is 0 Å². The Kier molecular flexibility index (Phi) is 5.20. The van der Waals surface area contributed by atoms with Gasteiger partial charge in [-0.1, -0.05) is 24.3 Å². The smallest absolute Gasteiger partial charge is 0.171 e. The maximum absolute atomic E-state index is 5.51. The first-order valence-electron chi connectivity index (χ1n) is 8.08. The number of anilines is 1. The van der Waals surface area contributed by atoms with Gasteiger partial charge in [0, 0.05) is 6.07 Å². The summed E-state index contributed by atoms with van der Waals surface area (Å²) in [5.41, 5.74) is 3.57. The van der Waals surface area contributed by atoms with Gasteiger partial charge in [-0.3, -0.25) is 0 Å². The highest BCUT2D eigenvalue weighted by molar-refractivity contribution is 7.80. The maximum Gasteiger partial charge on any atom is 0.171 e. The molecule has 0 aromatic heterocycles. The average Bonchev–Trinajstić information content (AvgIpc) is 2.62. The third kappa shape index (κ3) is 3.62. The SMILES string of the molecule is COc1ccc(NC(=S)N[C@@H]2CCCc3ccccc32)c(OC)c1. The fraction of sp³-hybridized carbons (Fsp3) is 0.316. The highest BCUT2D eigenvalue weighted by atomic mass is 32.1. The number of nitrogens with one attached hydrogen (secondary N) is 2. The minimum absolute atomic E-state index is 0.249. The molecule has 0 heterocycles. The number of hydrogen-bond acceptors (Lipinski definition) is 3. The van der Waals surface area contributed by atoms with Crippen LogP contribution in [0.15, 0.2) is 42.5 Å². The van der Waals surface area contributed by atoms with Crippen molar-refractivity contribution in [3.63, 3.8) is 0 Å². The van der Waals surface area contributed by atoms with Gasteiger partial charge in [0.25, 0.3) is 0 Å². The van der Waals surface area contributed by atoms with E-state index in [1.54, 1.807) is 14.2 Å². The van der Waals surface area contributed by atoms with E-state index in [0.29, 0.717) is 10.9 Å². The van der Waals surface area contributed by atoms with E-state index in [9.17, 15) is 0 Å². The van der Waals surface area contributed by atoms with Gasteiger partial charge in [0.2, 0.25) is 0 Å². The van der Waals surface area contributed by atoms with Crippen LogP contribution in [0, 0.1) is 0 Å². The summed E-state index contributed by atoms with van der Waals surface area (Å²) < 4.78 is 10.6. The topological polar surface area (TPSA) is 42.5 Å². The van der Waals surface area contributed by atoms with Crippen molar-refractivity contribution in [2.75, 3.05) is 19.5 Å². The quantitative estimate of drug-likeness (QED) is 0.820. The van der Waals surface area contributed by atoms with Crippen LogP contribution in [-0.2, 0) is 6.42 Å². The summed E-state index contributed by atoms with van der Waals surface area (Å²) in [7, 11) is 3.27. The number of rotatable bonds is 4. The number of thiocarbonyl (C=S) groups is 1. The minimum atomic E-state index is 0.249. The lowest BCUT2D eigenvalue weighted by Crippen LogP contribution is -2.34. The Morgan fingerprint density at radius 1 is 1.12 bits per heavy atom. The molecule has 5 heteroatoms. The third-order valence-corrected chi connectivity index (χ3v) is 4.55. The lowest BCUT2D eigenvalue weighted by Gasteiger charge is -2.27. The first kappa shape index (κ1) is 16.6. The zero-order valence-electron chi connectivity index (χ0n) is 14.0. The number of benzene rings is 2. The summed E-state index contributed by atoms with van der Waals surface area (Å²) in [4.78, 5) is 0. The van der Waals surface area contributed by atoms with E-state index in [1.165, 1.54) is 17.5 Å². The molecular weight excluding hydrogens is 320 g/mol. The average molecular weight is 342 g/mol. The number of aryl methyl sites for hydroxylation is 1. The molecule has 0 radical (unpaired) electrons. The van der Waals surface area contributed by atoms with Gasteiger partial charge in [0.1, 0.15) is 11.5 Å². The highest BCUT2D eigenvalue weighted by Crippen LogP contribution is 2.31. The molecule has 0 fully saturated rings. The van der Waals surface area contributed by atoms with Crippen molar-refractivity contribution in [3.05, 3.63) is 53.6 Å². The Bertz CT molecular complexity index is 733. The monoisotopic (exact) mass is 342 g/mol. The molecule has 1 aliphatic carbocycles. The zero-order valence-corrected chi connectivity index (χ0v) is 14.8. The molecule has 0 saturated carbocycles. The third-order valence-electron chi connectivity index (χ3n) is 4.33. The van der Waals surface area contributed by atoms with Crippen LogP contribution in [0.25, 0.3) is 0 Å². The number of hydrogen-bond donors (Lipinski definition) is 2. The van der Waals surface area contributed by atoms with Crippen molar-refractivity contribution in [2.24, 2.45) is 0 Å². The standard InChI is InChI=1S/C19H22N2O2S/c1-22-14-10-11-17(18(12-14)23-2)21-19(24)20-16-9-5-7-13-6-3-4-8-15(13)16/h3-4,6,8,10-12,16H,5,7,9H2,1-2H3,(H2,20,21,24)/t16-/m1/s1. The molecule has 0 saturated heterocycles. The predicted octanol–water partition coefficient (Wildman–Crippen LogP) is 4.07. The van der Waals surface area contributed by atoms with E-state index in [-0.39, 0.29) is 6.04 Å². The predicted molar refractivity (Wildman–Crippen MR) is 101 cm³/mol. The lowest BCUT2D eigenvalue weighted by molar-refractivity contribution is 0.395. The Morgan fingerprint density at radius 2 is 1.96 bits per heavy atom. The molecule has 0 bridgehead atoms. The maximum atomic E-state index is 5.51. The van der Waals surface area contributed by atoms with Crippen molar-refractivity contribution in [1.29, 1.82) is 0 Å². The molecule has 3 rings (SSSR count). The summed E-state index contributed by atoms with van der Waals surface area (Å²) in [6.45, 7) is 0. The molecule has 2 aromatic rings. The molecule has 126 valence electrons. The normalized spacial score (nSPS) is 16.0. The van der Waals surface area contributed by atoms with Gasteiger partial charge >= 0.3 is 0 Å². The van der Waals surface area contributed by atoms with Crippen molar-refractivity contribution in [2.45, 2.75) is 25.3 Å². The van der Waals surface area contributed by atoms with E-state index < -0.39 is 0 Å². The van der Waals surface area contributed by atoms with E-state index in [2.05, 4.69) is 34.9 Å². The molecular formula is C19H22N2O2S. The summed E-state index contributed by atoms with van der Waals surface area (Å²) in [6.07, 6.45) is 3.39. The fourth-order valence-electron chi connectivity index (χ4n) is 3.12. The molecule has 0 aliphatic heterocycles. The Balaban J connectivity index is 1.71. The van der Waals surface area contributed by atoms with Gasteiger partial charge in [0.05, 0.1) is 25.9 Å². The van der Waals surface area contributed by atoms with Crippen molar-refractivity contribution >= 4 is 23.0 Å². The van der Waals surface area contributed by atoms with Gasteiger partial charge in [0.15, 0.2) is 5.11 Å². The fourth-order valence-corrected chi connectivity index (χ4v) is 3.37. The molecule has 0 spiro atoms. The van der Waals surface area contributed by atoms with Crippen molar-refractivity contribution in [3.8, 4) is 11.5 Å². The van der Waals surface area contributed by atoms with E-state index in [4.69, 9.17) is 21.7 Å². The number of ether oxygens (including phenoxy) is 2. The molecule has 24 heavy (non-hydrogen) atoms. The molecule has 4 nitrogen and oxygen atoms in total. The van der Waals surface area contributed by atoms with Gasteiger partial charge in [-0.05, 0) is 54.7 Å². The molecule has 2 N–H and O–H groups in total. The van der Waals surface area contributed by atoms with Crippen molar-refractivity contribution in [1.82, 2.24) is 5.32 Å². The molecule has 0 unspecified atom stereocenters. The van der Waals surface area contributed by atoms with E-state index in [0.717, 1.165) is 24.3 Å². The summed E-state index contributed by atoms with van der Waals surface area (Å²) in [5.74, 6) is 1.44. The second kappa shape index (κ2) is 7.53. The van der Waals surface area contributed by atoms with Crippen LogP contribution in [0.1, 0.15) is 30.0 Å². The molecule has 2 aromatic carbocycles. The second-order valence-corrected chi connectivity index (χ2v) is 6.22. The van der Waals surface area contributed by atoms with E-state index >= 15 is 0 Å². The van der Waals surface area contributed by atoms with Gasteiger partial charge in [-0.2, -0.15) is 0 Å². The van der Waals surface area contributed by atoms with Crippen LogP contribution in [0.5, 0.6) is 11.5 Å². The number of fused-ring (bicyclic) bond motifs is 1. The minimum Gasteiger partial charge on any atom is -0.497 e. The summed E-state index contributed by atoms with van der Waals surface area (Å²) >= 11 is 5.51. The van der Waals surface area contributed by atoms with Crippen LogP contribution in [-0.4, -0.2) is 19.3 Å². The van der Waals surface area contributed by atoms with E-state index in [1.807, 2.05) is 18.2 Å². The number of methoxy groups -OCH3 is 2. The zero-order chi connectivity index (χ0) is 16.9. The molecule has 1 aliphatic rings. The molecule has 0 amide bonds. The van der Waals surface area contributed by atoms with Crippen LogP contribution in [0.3, 0.4) is 0 Å². The highest BCUT2D eigenvalue weighted by Gasteiger charge is 2.20. The Morgan fingerprint density at radius 3 is 2.75 bits per heavy atom. The van der Waals surface area contributed by atoms with Crippen molar-refractivity contribution < 1.29 is 9.47 Å². The van der Waals surface area contributed by atoms with Crippen LogP contribution < -0.4 is 20.1 Å². The second-order valence-electron chi connectivity index (χ2n) is 5.81. The first-order valence-corrected chi connectivity index (χ1v) is 8.49. The van der Waals surface area contributed by atoms with Gasteiger partial charge < -0.3 is 20.1 Å². The van der Waals surface area contributed by atoms with Crippen LogP contribution in [0.2, 0.25) is 0 Å². The lowest BCUT2D eigenvalue weighted by atomic mass is 9.88. The Hall–Kier alpha value is -2.27.